The fourth-order valence-corrected chi connectivity index (χ4v) is 4.58. The number of amides is 2. The molecule has 0 unspecified atom stereocenters. The first-order valence-electron chi connectivity index (χ1n) is 7.68. The van der Waals surface area contributed by atoms with Crippen molar-refractivity contribution in [3.8, 4) is 0 Å². The minimum absolute atomic E-state index is 0.110. The van der Waals surface area contributed by atoms with Crippen LogP contribution in [0.2, 0.25) is 10.0 Å². The second-order valence-electron chi connectivity index (χ2n) is 5.51. The van der Waals surface area contributed by atoms with Gasteiger partial charge in [-0.25, -0.2) is 0 Å². The molecule has 1 aromatic carbocycles. The van der Waals surface area contributed by atoms with Crippen molar-refractivity contribution in [2.75, 3.05) is 36.8 Å². The number of nitrogens with zero attached hydrogens (tertiary/aromatic N) is 4. The van der Waals surface area contributed by atoms with Crippen LogP contribution in [-0.4, -0.2) is 58.8 Å². The van der Waals surface area contributed by atoms with Gasteiger partial charge in [0.2, 0.25) is 11.0 Å². The minimum atomic E-state index is -0.389. The second kappa shape index (κ2) is 8.43. The van der Waals surface area contributed by atoms with Gasteiger partial charge in [-0.2, -0.15) is 0 Å². The van der Waals surface area contributed by atoms with Crippen molar-refractivity contribution in [1.29, 1.82) is 0 Å². The van der Waals surface area contributed by atoms with Gasteiger partial charge < -0.3 is 15.5 Å². The summed E-state index contributed by atoms with van der Waals surface area (Å²) in [5.41, 5.74) is 5.58. The van der Waals surface area contributed by atoms with E-state index in [0.29, 0.717) is 46.1 Å². The third-order valence-electron chi connectivity index (χ3n) is 3.73. The molecule has 0 bridgehead atoms. The molecule has 1 fully saturated rings. The Morgan fingerprint density at radius 3 is 2.58 bits per heavy atom. The minimum Gasteiger partial charge on any atom is -0.369 e. The van der Waals surface area contributed by atoms with E-state index in [2.05, 4.69) is 15.1 Å². The van der Waals surface area contributed by atoms with Crippen molar-refractivity contribution < 1.29 is 9.59 Å². The molecule has 1 saturated heterocycles. The maximum Gasteiger partial charge on any atom is 0.255 e. The number of rotatable bonds is 5. The average Bonchev–Trinajstić information content (AvgIpc) is 3.09. The molecule has 1 aliphatic rings. The van der Waals surface area contributed by atoms with E-state index in [0.717, 1.165) is 5.13 Å². The predicted molar refractivity (Wildman–Crippen MR) is 104 cm³/mol. The van der Waals surface area contributed by atoms with Crippen molar-refractivity contribution >= 4 is 63.2 Å². The number of halogens is 2. The number of carbonyl (C=O) groups excluding carboxylic acids is 2. The molecule has 26 heavy (non-hydrogen) atoms. The van der Waals surface area contributed by atoms with E-state index in [1.807, 2.05) is 0 Å². The zero-order chi connectivity index (χ0) is 18.7. The largest absolute Gasteiger partial charge is 0.369 e. The molecular formula is C15H15Cl2N5O2S2. The highest BCUT2D eigenvalue weighted by molar-refractivity contribution is 8.01. The van der Waals surface area contributed by atoms with E-state index in [-0.39, 0.29) is 17.6 Å². The lowest BCUT2D eigenvalue weighted by atomic mass is 10.2. The number of hydrogen-bond acceptors (Lipinski definition) is 7. The quantitative estimate of drug-likeness (QED) is 0.730. The van der Waals surface area contributed by atoms with Crippen molar-refractivity contribution in [1.82, 2.24) is 15.1 Å². The monoisotopic (exact) mass is 431 g/mol. The number of primary amides is 1. The summed E-state index contributed by atoms with van der Waals surface area (Å²) in [6.07, 6.45) is 0. The Labute approximate surface area is 168 Å². The summed E-state index contributed by atoms with van der Waals surface area (Å²) in [5.74, 6) is -0.320. The fourth-order valence-electron chi connectivity index (χ4n) is 2.46. The van der Waals surface area contributed by atoms with E-state index in [1.54, 1.807) is 23.1 Å². The molecule has 2 N–H and O–H groups in total. The lowest BCUT2D eigenvalue weighted by Gasteiger charge is -2.34. The van der Waals surface area contributed by atoms with Crippen LogP contribution in [0.5, 0.6) is 0 Å². The number of hydrogen-bond donors (Lipinski definition) is 1. The zero-order valence-electron chi connectivity index (χ0n) is 13.5. The van der Waals surface area contributed by atoms with Gasteiger partial charge in [0.1, 0.15) is 0 Å². The lowest BCUT2D eigenvalue weighted by Crippen LogP contribution is -2.48. The predicted octanol–water partition coefficient (Wildman–Crippen LogP) is 2.38. The average molecular weight is 432 g/mol. The second-order valence-corrected chi connectivity index (χ2v) is 8.53. The van der Waals surface area contributed by atoms with Gasteiger partial charge in [0.15, 0.2) is 4.34 Å². The van der Waals surface area contributed by atoms with Crippen molar-refractivity contribution in [2.45, 2.75) is 4.34 Å². The maximum atomic E-state index is 12.6. The Hall–Kier alpha value is -1.55. The standard InChI is InChI=1S/C15H15Cl2N5O2S2/c16-9-1-2-10(11(17)7-9)13(24)21-3-5-22(6-4-21)14-19-20-15(26-14)25-8-12(18)23/h1-2,7H,3-6,8H2,(H2,18,23). The van der Waals surface area contributed by atoms with Crippen LogP contribution in [0.4, 0.5) is 5.13 Å². The highest BCUT2D eigenvalue weighted by Crippen LogP contribution is 2.29. The molecule has 11 heteroatoms. The lowest BCUT2D eigenvalue weighted by molar-refractivity contribution is -0.115. The molecule has 0 aliphatic carbocycles. The molecular weight excluding hydrogens is 417 g/mol. The number of anilines is 1. The van der Waals surface area contributed by atoms with E-state index >= 15 is 0 Å². The highest BCUT2D eigenvalue weighted by Gasteiger charge is 2.25. The number of benzene rings is 1. The summed E-state index contributed by atoms with van der Waals surface area (Å²) in [5, 5.41) is 9.83. The van der Waals surface area contributed by atoms with Crippen LogP contribution >= 0.6 is 46.3 Å². The van der Waals surface area contributed by atoms with Crippen molar-refractivity contribution in [2.24, 2.45) is 5.73 Å². The van der Waals surface area contributed by atoms with Crippen LogP contribution < -0.4 is 10.6 Å². The van der Waals surface area contributed by atoms with Gasteiger partial charge in [-0.1, -0.05) is 46.3 Å². The normalized spacial score (nSPS) is 14.5. The molecule has 1 aliphatic heterocycles. The van der Waals surface area contributed by atoms with Gasteiger partial charge >= 0.3 is 0 Å². The first-order chi connectivity index (χ1) is 12.4. The molecule has 0 spiro atoms. The maximum absolute atomic E-state index is 12.6. The molecule has 1 aromatic heterocycles. The Morgan fingerprint density at radius 1 is 1.19 bits per heavy atom. The molecule has 0 radical (unpaired) electrons. The van der Waals surface area contributed by atoms with Crippen LogP contribution in [0.1, 0.15) is 10.4 Å². The van der Waals surface area contributed by atoms with E-state index in [1.165, 1.54) is 23.1 Å². The fraction of sp³-hybridized carbons (Fsp3) is 0.333. The van der Waals surface area contributed by atoms with Crippen LogP contribution in [0, 0.1) is 0 Å². The van der Waals surface area contributed by atoms with Gasteiger partial charge in [-0.3, -0.25) is 9.59 Å². The molecule has 2 aromatic rings. The summed E-state index contributed by atoms with van der Waals surface area (Å²) in [7, 11) is 0. The number of nitrogens with two attached hydrogens (primary N) is 1. The molecule has 0 atom stereocenters. The number of thioether (sulfide) groups is 1. The number of carbonyl (C=O) groups is 2. The van der Waals surface area contributed by atoms with Gasteiger partial charge in [0.05, 0.1) is 16.3 Å². The Morgan fingerprint density at radius 2 is 1.92 bits per heavy atom. The van der Waals surface area contributed by atoms with E-state index in [9.17, 15) is 9.59 Å². The summed E-state index contributed by atoms with van der Waals surface area (Å²) in [6.45, 7) is 2.40. The first kappa shape index (κ1) is 19.2. The van der Waals surface area contributed by atoms with Gasteiger partial charge in [0, 0.05) is 31.2 Å². The van der Waals surface area contributed by atoms with E-state index < -0.39 is 0 Å². The molecule has 2 heterocycles. The number of aromatic nitrogens is 2. The molecule has 7 nitrogen and oxygen atoms in total. The summed E-state index contributed by atoms with van der Waals surface area (Å²) < 4.78 is 0.699. The highest BCUT2D eigenvalue weighted by atomic mass is 35.5. The molecule has 2 amide bonds. The topological polar surface area (TPSA) is 92.4 Å². The van der Waals surface area contributed by atoms with Gasteiger partial charge in [-0.05, 0) is 18.2 Å². The van der Waals surface area contributed by atoms with Crippen LogP contribution in [-0.2, 0) is 4.79 Å². The van der Waals surface area contributed by atoms with Crippen LogP contribution in [0.3, 0.4) is 0 Å². The van der Waals surface area contributed by atoms with Crippen LogP contribution in [0.25, 0.3) is 0 Å². The first-order valence-corrected chi connectivity index (χ1v) is 10.2. The Kier molecular flexibility index (Phi) is 6.23. The van der Waals surface area contributed by atoms with E-state index in [4.69, 9.17) is 28.9 Å². The molecule has 138 valence electrons. The molecule has 0 saturated carbocycles. The summed E-state index contributed by atoms with van der Waals surface area (Å²) in [4.78, 5) is 27.3. The third kappa shape index (κ3) is 4.59. The van der Waals surface area contributed by atoms with Crippen molar-refractivity contribution in [3.63, 3.8) is 0 Å². The Balaban J connectivity index is 1.58. The molecule has 3 rings (SSSR count). The summed E-state index contributed by atoms with van der Waals surface area (Å²) >= 11 is 14.7. The smallest absolute Gasteiger partial charge is 0.255 e. The SMILES string of the molecule is NC(=O)CSc1nnc(N2CCN(C(=O)c3ccc(Cl)cc3Cl)CC2)s1. The van der Waals surface area contributed by atoms with Crippen molar-refractivity contribution in [3.05, 3.63) is 33.8 Å². The van der Waals surface area contributed by atoms with Gasteiger partial charge in [0.25, 0.3) is 5.91 Å². The van der Waals surface area contributed by atoms with Crippen LogP contribution in [0.15, 0.2) is 22.5 Å². The zero-order valence-corrected chi connectivity index (χ0v) is 16.7. The summed E-state index contributed by atoms with van der Waals surface area (Å²) in [6, 6.07) is 4.87. The van der Waals surface area contributed by atoms with Gasteiger partial charge in [-0.15, -0.1) is 10.2 Å². The third-order valence-corrected chi connectivity index (χ3v) is 6.42. The Bertz CT molecular complexity index is 824. The number of piperazine rings is 1.